The number of alkyl halides is 1. The molecule has 94 valence electrons. The van der Waals surface area contributed by atoms with Gasteiger partial charge in [-0.1, -0.05) is 88.4 Å². The molecule has 2 aromatic carbocycles. The van der Waals surface area contributed by atoms with Gasteiger partial charge in [0.05, 0.1) is 9.99 Å². The Hall–Kier alpha value is -1.62. The minimum absolute atomic E-state index is 0.807. The second-order valence-electron chi connectivity index (χ2n) is 4.20. The van der Waals surface area contributed by atoms with Crippen LogP contribution in [-0.2, 0) is 4.43 Å². The molecule has 0 amide bonds. The fraction of sp³-hybridized carbons (Fsp3) is 0.0625. The normalized spacial score (nSPS) is 10.6. The molecule has 0 fully saturated rings. The molecule has 0 aliphatic rings. The quantitative estimate of drug-likeness (QED) is 0.488. The fourth-order valence-electron chi connectivity index (χ4n) is 2.11. The van der Waals surface area contributed by atoms with Crippen molar-refractivity contribution in [3.8, 4) is 22.4 Å². The van der Waals surface area contributed by atoms with Crippen molar-refractivity contribution in [3.63, 3.8) is 0 Å². The van der Waals surface area contributed by atoms with Gasteiger partial charge in [-0.05, 0) is 5.56 Å². The van der Waals surface area contributed by atoms with Crippen LogP contribution in [0.3, 0.4) is 0 Å². The number of halogens is 1. The lowest BCUT2D eigenvalue weighted by Crippen LogP contribution is -1.84. The first-order valence-corrected chi connectivity index (χ1v) is 7.58. The van der Waals surface area contributed by atoms with Gasteiger partial charge in [-0.15, -0.1) is 0 Å². The Labute approximate surface area is 125 Å². The average molecular weight is 361 g/mol. The van der Waals surface area contributed by atoms with Gasteiger partial charge in [-0.25, -0.2) is 0 Å². The molecule has 2 nitrogen and oxygen atoms in total. The molecular formula is C16H12INO. The highest BCUT2D eigenvalue weighted by Crippen LogP contribution is 2.35. The summed E-state index contributed by atoms with van der Waals surface area (Å²) in [6.07, 6.45) is 0. The molecule has 0 saturated carbocycles. The highest BCUT2D eigenvalue weighted by atomic mass is 127. The maximum atomic E-state index is 5.50. The lowest BCUT2D eigenvalue weighted by Gasteiger charge is -2.03. The van der Waals surface area contributed by atoms with Crippen LogP contribution in [0.4, 0.5) is 0 Å². The number of hydrogen-bond donors (Lipinski definition) is 0. The summed E-state index contributed by atoms with van der Waals surface area (Å²) in [5.74, 6) is 0.922. The maximum absolute atomic E-state index is 5.50. The lowest BCUT2D eigenvalue weighted by molar-refractivity contribution is 0.399. The van der Waals surface area contributed by atoms with Crippen molar-refractivity contribution in [2.24, 2.45) is 0 Å². The van der Waals surface area contributed by atoms with E-state index in [4.69, 9.17) is 4.52 Å². The first kappa shape index (κ1) is 12.4. The summed E-state index contributed by atoms with van der Waals surface area (Å²) < 4.78 is 6.30. The molecule has 19 heavy (non-hydrogen) atoms. The Morgan fingerprint density at radius 1 is 0.842 bits per heavy atom. The molecule has 0 saturated heterocycles. The molecule has 0 spiro atoms. The van der Waals surface area contributed by atoms with Crippen LogP contribution < -0.4 is 0 Å². The summed E-state index contributed by atoms with van der Waals surface area (Å²) in [5, 5.41) is 4.25. The number of nitrogens with zero attached hydrogens (tertiary/aromatic N) is 1. The van der Waals surface area contributed by atoms with Crippen LogP contribution in [0.25, 0.3) is 22.4 Å². The fourth-order valence-corrected chi connectivity index (χ4v) is 2.63. The second-order valence-corrected chi connectivity index (χ2v) is 4.96. The average Bonchev–Trinajstić information content (AvgIpc) is 2.93. The Balaban J connectivity index is 2.20. The standard InChI is InChI=1S/C16H12INO/c17-11-14-15(12-7-3-1-4-8-12)16(18-19-14)13-9-5-2-6-10-13/h1-10H,11H2. The SMILES string of the molecule is ICc1onc(-c2ccccc2)c1-c1ccccc1. The third kappa shape index (κ3) is 2.42. The van der Waals surface area contributed by atoms with Gasteiger partial charge in [-0.3, -0.25) is 0 Å². The van der Waals surface area contributed by atoms with E-state index in [0.29, 0.717) is 0 Å². The van der Waals surface area contributed by atoms with Crippen molar-refractivity contribution in [2.45, 2.75) is 4.43 Å². The van der Waals surface area contributed by atoms with E-state index in [1.807, 2.05) is 36.4 Å². The third-order valence-corrected chi connectivity index (χ3v) is 3.69. The van der Waals surface area contributed by atoms with Crippen LogP contribution in [-0.4, -0.2) is 5.16 Å². The van der Waals surface area contributed by atoms with Crippen LogP contribution in [0.1, 0.15) is 5.76 Å². The van der Waals surface area contributed by atoms with E-state index in [1.165, 1.54) is 0 Å². The van der Waals surface area contributed by atoms with E-state index < -0.39 is 0 Å². The van der Waals surface area contributed by atoms with Crippen LogP contribution in [0.5, 0.6) is 0 Å². The van der Waals surface area contributed by atoms with E-state index in [1.54, 1.807) is 0 Å². The van der Waals surface area contributed by atoms with Crippen LogP contribution in [0.2, 0.25) is 0 Å². The van der Waals surface area contributed by atoms with E-state index in [2.05, 4.69) is 52.0 Å². The molecule has 0 bridgehead atoms. The summed E-state index contributed by atoms with van der Waals surface area (Å²) in [5.41, 5.74) is 4.25. The van der Waals surface area contributed by atoms with Gasteiger partial charge in [0.15, 0.2) is 5.76 Å². The van der Waals surface area contributed by atoms with Crippen molar-refractivity contribution in [3.05, 3.63) is 66.4 Å². The third-order valence-electron chi connectivity index (χ3n) is 2.99. The van der Waals surface area contributed by atoms with Crippen molar-refractivity contribution in [1.29, 1.82) is 0 Å². The Bertz CT molecular complexity index is 662. The van der Waals surface area contributed by atoms with E-state index >= 15 is 0 Å². The topological polar surface area (TPSA) is 26.0 Å². The highest BCUT2D eigenvalue weighted by molar-refractivity contribution is 14.1. The molecular weight excluding hydrogens is 349 g/mol. The summed E-state index contributed by atoms with van der Waals surface area (Å²) >= 11 is 2.30. The van der Waals surface area contributed by atoms with E-state index in [0.717, 1.165) is 32.6 Å². The van der Waals surface area contributed by atoms with Crippen molar-refractivity contribution in [1.82, 2.24) is 5.16 Å². The first-order chi connectivity index (χ1) is 9.40. The molecule has 0 radical (unpaired) electrons. The molecule has 0 unspecified atom stereocenters. The van der Waals surface area contributed by atoms with E-state index in [9.17, 15) is 0 Å². The van der Waals surface area contributed by atoms with E-state index in [-0.39, 0.29) is 0 Å². The van der Waals surface area contributed by atoms with Crippen LogP contribution >= 0.6 is 22.6 Å². The number of benzene rings is 2. The van der Waals surface area contributed by atoms with Crippen molar-refractivity contribution in [2.75, 3.05) is 0 Å². The molecule has 0 atom stereocenters. The minimum atomic E-state index is 0.807. The second kappa shape index (κ2) is 5.57. The summed E-state index contributed by atoms with van der Waals surface area (Å²) in [4.78, 5) is 0. The van der Waals surface area contributed by atoms with Gasteiger partial charge in [0.2, 0.25) is 0 Å². The first-order valence-electron chi connectivity index (χ1n) is 6.05. The molecule has 1 heterocycles. The van der Waals surface area contributed by atoms with Crippen LogP contribution in [0.15, 0.2) is 65.2 Å². The number of hydrogen-bond acceptors (Lipinski definition) is 2. The highest BCUT2D eigenvalue weighted by Gasteiger charge is 2.17. The predicted octanol–water partition coefficient (Wildman–Crippen LogP) is 4.94. The van der Waals surface area contributed by atoms with Gasteiger partial charge in [0, 0.05) is 5.56 Å². The van der Waals surface area contributed by atoms with Crippen molar-refractivity contribution < 1.29 is 4.52 Å². The zero-order chi connectivity index (χ0) is 13.1. The predicted molar refractivity (Wildman–Crippen MR) is 85.1 cm³/mol. The smallest absolute Gasteiger partial charge is 0.154 e. The maximum Gasteiger partial charge on any atom is 0.154 e. The van der Waals surface area contributed by atoms with Crippen molar-refractivity contribution >= 4 is 22.6 Å². The Kier molecular flexibility index (Phi) is 3.64. The molecule has 1 aromatic heterocycles. The molecule has 0 aliphatic heterocycles. The minimum Gasteiger partial charge on any atom is -0.359 e. The summed E-state index contributed by atoms with van der Waals surface area (Å²) in [6.45, 7) is 0. The molecule has 3 aromatic rings. The van der Waals surface area contributed by atoms with Crippen LogP contribution in [0, 0.1) is 0 Å². The van der Waals surface area contributed by atoms with Gasteiger partial charge in [0.25, 0.3) is 0 Å². The monoisotopic (exact) mass is 361 g/mol. The summed E-state index contributed by atoms with van der Waals surface area (Å²) in [7, 11) is 0. The van der Waals surface area contributed by atoms with Gasteiger partial charge in [0.1, 0.15) is 5.69 Å². The zero-order valence-corrected chi connectivity index (χ0v) is 12.4. The zero-order valence-electron chi connectivity index (χ0n) is 10.2. The lowest BCUT2D eigenvalue weighted by atomic mass is 10.00. The van der Waals surface area contributed by atoms with Gasteiger partial charge < -0.3 is 4.52 Å². The Morgan fingerprint density at radius 3 is 2.00 bits per heavy atom. The molecule has 0 aliphatic carbocycles. The Morgan fingerprint density at radius 2 is 1.42 bits per heavy atom. The molecule has 3 heteroatoms. The molecule has 0 N–H and O–H groups in total. The summed E-state index contributed by atoms with van der Waals surface area (Å²) in [6, 6.07) is 20.4. The largest absolute Gasteiger partial charge is 0.359 e. The molecule has 3 rings (SSSR count). The van der Waals surface area contributed by atoms with Gasteiger partial charge >= 0.3 is 0 Å². The van der Waals surface area contributed by atoms with Gasteiger partial charge in [-0.2, -0.15) is 0 Å². The number of rotatable bonds is 3. The number of aromatic nitrogens is 1.